The average molecular weight is 533 g/mol. The summed E-state index contributed by atoms with van der Waals surface area (Å²) >= 11 is 0. The van der Waals surface area contributed by atoms with Crippen molar-refractivity contribution < 1.29 is 19.4 Å². The highest BCUT2D eigenvalue weighted by molar-refractivity contribution is 6.03. The Morgan fingerprint density at radius 3 is 2.23 bits per heavy atom. The van der Waals surface area contributed by atoms with Gasteiger partial charge in [-0.2, -0.15) is 0 Å². The summed E-state index contributed by atoms with van der Waals surface area (Å²) in [4.78, 5) is 43.5. The maximum Gasteiger partial charge on any atom is 0.357 e. The minimum Gasteiger partial charge on any atom is -0.488 e. The van der Waals surface area contributed by atoms with Gasteiger partial charge in [-0.1, -0.05) is 37.3 Å². The molecule has 4 rings (SSSR count). The number of aryl methyl sites for hydroxylation is 1. The van der Waals surface area contributed by atoms with Crippen LogP contribution in [-0.4, -0.2) is 32.8 Å². The van der Waals surface area contributed by atoms with E-state index in [-0.39, 0.29) is 24.5 Å². The first-order valence-corrected chi connectivity index (χ1v) is 13.3. The van der Waals surface area contributed by atoms with E-state index in [1.165, 1.54) is 0 Å². The van der Waals surface area contributed by atoms with Crippen molar-refractivity contribution in [3.63, 3.8) is 0 Å². The van der Waals surface area contributed by atoms with Crippen molar-refractivity contribution >= 4 is 16.7 Å². The van der Waals surface area contributed by atoms with E-state index in [0.717, 1.165) is 12.0 Å². The molecule has 0 aliphatic heterocycles. The Kier molecular flexibility index (Phi) is 7.54. The van der Waals surface area contributed by atoms with E-state index in [4.69, 9.17) is 9.47 Å². The summed E-state index contributed by atoms with van der Waals surface area (Å²) in [6.45, 7) is 13.0. The van der Waals surface area contributed by atoms with Crippen molar-refractivity contribution in [2.45, 2.75) is 79.1 Å². The van der Waals surface area contributed by atoms with Crippen molar-refractivity contribution in [3.8, 4) is 16.9 Å². The Hall–Kier alpha value is -3.78. The monoisotopic (exact) mass is 532 g/mol. The van der Waals surface area contributed by atoms with E-state index in [1.807, 2.05) is 58.0 Å². The summed E-state index contributed by atoms with van der Waals surface area (Å²) in [6, 6.07) is 11.1. The minimum absolute atomic E-state index is 0.119. The third kappa shape index (κ3) is 5.39. The van der Waals surface area contributed by atoms with Crippen molar-refractivity contribution in [1.29, 1.82) is 0 Å². The van der Waals surface area contributed by atoms with Crippen LogP contribution in [0.4, 0.5) is 0 Å². The molecule has 8 nitrogen and oxygen atoms in total. The van der Waals surface area contributed by atoms with Crippen LogP contribution < -0.4 is 15.6 Å². The molecule has 1 heterocycles. The smallest absolute Gasteiger partial charge is 0.357 e. The van der Waals surface area contributed by atoms with Gasteiger partial charge in [0.15, 0.2) is 5.69 Å². The van der Waals surface area contributed by atoms with E-state index in [1.54, 1.807) is 31.4 Å². The third-order valence-corrected chi connectivity index (χ3v) is 6.44. The normalized spacial score (nSPS) is 12.3. The number of esters is 1. The van der Waals surface area contributed by atoms with Gasteiger partial charge in [0, 0.05) is 22.8 Å². The summed E-state index contributed by atoms with van der Waals surface area (Å²) < 4.78 is 13.2. The fourth-order valence-electron chi connectivity index (χ4n) is 4.86. The highest BCUT2D eigenvalue weighted by Gasteiger charge is 2.33. The highest BCUT2D eigenvalue weighted by atomic mass is 16.5. The van der Waals surface area contributed by atoms with Crippen LogP contribution in [0.15, 0.2) is 46.0 Å². The number of fused-ring (bicyclic) bond motifs is 1. The topological polar surface area (TPSA) is 108 Å². The number of carbonyl (C=O) groups is 1. The predicted octanol–water partition coefficient (Wildman–Crippen LogP) is 4.88. The molecular formula is C31H36N2O6. The van der Waals surface area contributed by atoms with Crippen LogP contribution in [0.5, 0.6) is 5.75 Å². The Balaban J connectivity index is 1.90. The van der Waals surface area contributed by atoms with Crippen molar-refractivity contribution in [2.75, 3.05) is 6.61 Å². The molecule has 0 amide bonds. The van der Waals surface area contributed by atoms with Crippen LogP contribution in [-0.2, 0) is 23.3 Å². The molecule has 0 unspecified atom stereocenters. The predicted molar refractivity (Wildman–Crippen MR) is 151 cm³/mol. The molecule has 0 saturated carbocycles. The van der Waals surface area contributed by atoms with Crippen LogP contribution >= 0.6 is 0 Å². The Morgan fingerprint density at radius 2 is 1.62 bits per heavy atom. The van der Waals surface area contributed by atoms with Gasteiger partial charge in [0.25, 0.3) is 0 Å². The zero-order valence-electron chi connectivity index (χ0n) is 23.7. The van der Waals surface area contributed by atoms with Gasteiger partial charge >= 0.3 is 5.97 Å². The van der Waals surface area contributed by atoms with Crippen molar-refractivity contribution in [1.82, 2.24) is 9.55 Å². The summed E-state index contributed by atoms with van der Waals surface area (Å²) in [5.41, 5.74) is -0.654. The summed E-state index contributed by atoms with van der Waals surface area (Å²) in [6.07, 6.45) is 1.30. The molecule has 0 saturated heterocycles. The van der Waals surface area contributed by atoms with Gasteiger partial charge in [-0.05, 0) is 65.2 Å². The fourth-order valence-corrected chi connectivity index (χ4v) is 4.86. The van der Waals surface area contributed by atoms with Gasteiger partial charge in [-0.3, -0.25) is 9.59 Å². The van der Waals surface area contributed by atoms with Gasteiger partial charge in [0.05, 0.1) is 13.2 Å². The molecule has 206 valence electrons. The Labute approximate surface area is 227 Å². The number of aliphatic hydroxyl groups is 1. The Bertz CT molecular complexity index is 1610. The number of ether oxygens (including phenoxy) is 2. The van der Waals surface area contributed by atoms with Gasteiger partial charge in [0.1, 0.15) is 28.5 Å². The van der Waals surface area contributed by atoms with Gasteiger partial charge in [-0.15, -0.1) is 0 Å². The number of carbonyl (C=O) groups excluding carboxylic acids is 1. The van der Waals surface area contributed by atoms with Gasteiger partial charge < -0.3 is 19.1 Å². The zero-order chi connectivity index (χ0) is 28.7. The summed E-state index contributed by atoms with van der Waals surface area (Å²) in [5, 5.41) is 11.5. The minimum atomic E-state index is -1.40. The quantitative estimate of drug-likeness (QED) is 0.242. The highest BCUT2D eigenvalue weighted by Crippen LogP contribution is 2.37. The molecule has 1 N–H and O–H groups in total. The number of rotatable bonds is 9. The molecule has 0 atom stereocenters. The third-order valence-electron chi connectivity index (χ3n) is 6.44. The van der Waals surface area contributed by atoms with E-state index < -0.39 is 28.0 Å². The largest absolute Gasteiger partial charge is 0.488 e. The average Bonchev–Trinajstić information content (AvgIpc) is 3.21. The lowest BCUT2D eigenvalue weighted by molar-refractivity contribution is 0.0469. The van der Waals surface area contributed by atoms with Crippen LogP contribution in [0.2, 0.25) is 0 Å². The number of hydrogen-bond donors (Lipinski definition) is 1. The molecule has 1 aromatic heterocycles. The number of nitrogens with zero attached hydrogens (tertiary/aromatic N) is 2. The van der Waals surface area contributed by atoms with E-state index in [9.17, 15) is 19.5 Å². The molecular weight excluding hydrogens is 496 g/mol. The van der Waals surface area contributed by atoms with Crippen molar-refractivity contribution in [2.24, 2.45) is 0 Å². The number of hydrogen-bond acceptors (Lipinski definition) is 7. The zero-order valence-corrected chi connectivity index (χ0v) is 23.7. The standard InChI is InChI=1S/C31H36N2O6/c1-8-12-22-32-28(31(6,7)37)25(29(36)38-9-2)33(22)17-18-15-16-20(24-23(18)26(34)27(24)35)19-13-10-11-14-21(19)39-30(3,4)5/h10-11,13-16,37H,8-9,12,17H2,1-7H3. The molecule has 0 fully saturated rings. The molecule has 39 heavy (non-hydrogen) atoms. The first-order valence-electron chi connectivity index (χ1n) is 13.3. The van der Waals surface area contributed by atoms with Crippen LogP contribution in [0.3, 0.4) is 0 Å². The first-order chi connectivity index (χ1) is 18.3. The second-order valence-corrected chi connectivity index (χ2v) is 11.2. The maximum absolute atomic E-state index is 13.1. The second-order valence-electron chi connectivity index (χ2n) is 11.2. The van der Waals surface area contributed by atoms with Gasteiger partial charge in [0.2, 0.25) is 10.9 Å². The number of benzene rings is 2. The molecule has 8 heteroatoms. The molecule has 0 radical (unpaired) electrons. The Morgan fingerprint density at radius 1 is 0.949 bits per heavy atom. The van der Waals surface area contributed by atoms with Crippen molar-refractivity contribution in [3.05, 3.63) is 79.6 Å². The molecule has 3 aromatic carbocycles. The number of imidazole rings is 1. The fraction of sp³-hybridized carbons (Fsp3) is 0.419. The number of para-hydroxylation sites is 1. The number of aromatic nitrogens is 2. The van der Waals surface area contributed by atoms with Crippen LogP contribution in [0, 0.1) is 0 Å². The first kappa shape index (κ1) is 28.2. The lowest BCUT2D eigenvalue weighted by Crippen LogP contribution is -2.33. The lowest BCUT2D eigenvalue weighted by Gasteiger charge is -2.24. The molecule has 0 aliphatic rings. The van der Waals surface area contributed by atoms with E-state index >= 15 is 0 Å². The molecule has 0 bridgehead atoms. The maximum atomic E-state index is 13.1. The second kappa shape index (κ2) is 10.4. The van der Waals surface area contributed by atoms with Gasteiger partial charge in [-0.25, -0.2) is 9.78 Å². The van der Waals surface area contributed by atoms with Crippen LogP contribution in [0.1, 0.15) is 82.5 Å². The molecule has 0 aliphatic carbocycles. The lowest BCUT2D eigenvalue weighted by atomic mass is 9.90. The van der Waals surface area contributed by atoms with Crippen LogP contribution in [0.25, 0.3) is 21.9 Å². The summed E-state index contributed by atoms with van der Waals surface area (Å²) in [5.74, 6) is 0.611. The molecule has 4 aromatic rings. The summed E-state index contributed by atoms with van der Waals surface area (Å²) in [7, 11) is 0. The van der Waals surface area contributed by atoms with E-state index in [2.05, 4.69) is 4.98 Å². The SMILES string of the molecule is CCCc1nc(C(C)(C)O)c(C(=O)OCC)n1Cc1ccc(-c2ccccc2OC(C)(C)C)c2c(=O)c(=O)c12. The van der Waals surface area contributed by atoms with E-state index in [0.29, 0.717) is 39.9 Å². The molecule has 0 spiro atoms.